The van der Waals surface area contributed by atoms with Crippen molar-refractivity contribution in [2.75, 3.05) is 11.9 Å². The third-order valence-electron chi connectivity index (χ3n) is 4.92. The number of aryl methyl sites for hydroxylation is 4. The minimum absolute atomic E-state index is 0.0858. The van der Waals surface area contributed by atoms with Crippen molar-refractivity contribution in [2.45, 2.75) is 26.8 Å². The SMILES string of the molecule is Cc1cc(C(=O)Nc2nc3c(s2)CN(C(=O)c2cc(C)n(C)n2)CC3)nn1C. The number of fused-ring (bicyclic) bond motifs is 1. The molecule has 146 valence electrons. The summed E-state index contributed by atoms with van der Waals surface area (Å²) in [4.78, 5) is 32.4. The van der Waals surface area contributed by atoms with Gasteiger partial charge in [-0.15, -0.1) is 0 Å². The summed E-state index contributed by atoms with van der Waals surface area (Å²) >= 11 is 1.40. The van der Waals surface area contributed by atoms with Crippen LogP contribution in [-0.4, -0.2) is 47.8 Å². The van der Waals surface area contributed by atoms with Crippen LogP contribution in [0.4, 0.5) is 5.13 Å². The number of carbonyl (C=O) groups excluding carboxylic acids is 2. The fourth-order valence-electron chi connectivity index (χ4n) is 3.08. The lowest BCUT2D eigenvalue weighted by Crippen LogP contribution is -2.35. The highest BCUT2D eigenvalue weighted by molar-refractivity contribution is 7.15. The van der Waals surface area contributed by atoms with Crippen molar-refractivity contribution in [1.29, 1.82) is 0 Å². The van der Waals surface area contributed by atoms with Crippen molar-refractivity contribution >= 4 is 28.3 Å². The Morgan fingerprint density at radius 3 is 2.32 bits per heavy atom. The number of anilines is 1. The lowest BCUT2D eigenvalue weighted by atomic mass is 10.1. The van der Waals surface area contributed by atoms with Crippen LogP contribution >= 0.6 is 11.3 Å². The first kappa shape index (κ1) is 18.4. The maximum absolute atomic E-state index is 12.7. The average molecular weight is 399 g/mol. The number of amides is 2. The highest BCUT2D eigenvalue weighted by Crippen LogP contribution is 2.29. The Bertz CT molecular complexity index is 1040. The summed E-state index contributed by atoms with van der Waals surface area (Å²) < 4.78 is 3.35. The Kier molecular flexibility index (Phi) is 4.50. The molecular formula is C18H21N7O2S. The van der Waals surface area contributed by atoms with Gasteiger partial charge in [0.25, 0.3) is 11.8 Å². The first-order valence-electron chi connectivity index (χ1n) is 8.92. The standard InChI is InChI=1S/C18H21N7O2S/c1-10-7-13(21-23(10)3)16(26)20-18-19-12-5-6-25(9-15(12)28-18)17(27)14-8-11(2)24(4)22-14/h7-8H,5-6,9H2,1-4H3,(H,19,20,26). The second kappa shape index (κ2) is 6.86. The lowest BCUT2D eigenvalue weighted by molar-refractivity contribution is 0.0729. The zero-order chi connectivity index (χ0) is 20.0. The molecule has 4 heterocycles. The molecule has 0 saturated heterocycles. The molecule has 4 rings (SSSR count). The lowest BCUT2D eigenvalue weighted by Gasteiger charge is -2.25. The molecule has 9 nitrogen and oxygen atoms in total. The first-order chi connectivity index (χ1) is 13.3. The molecule has 0 radical (unpaired) electrons. The van der Waals surface area contributed by atoms with E-state index in [1.54, 1.807) is 33.4 Å². The molecular weight excluding hydrogens is 378 g/mol. The van der Waals surface area contributed by atoms with Crippen LogP contribution in [0.5, 0.6) is 0 Å². The number of carbonyl (C=O) groups is 2. The average Bonchev–Trinajstić information content (AvgIpc) is 3.31. The van der Waals surface area contributed by atoms with Crippen molar-refractivity contribution in [2.24, 2.45) is 14.1 Å². The van der Waals surface area contributed by atoms with Gasteiger partial charge in [-0.25, -0.2) is 4.98 Å². The predicted molar refractivity (Wildman–Crippen MR) is 104 cm³/mol. The Balaban J connectivity index is 1.47. The summed E-state index contributed by atoms with van der Waals surface area (Å²) in [5, 5.41) is 11.8. The number of thiazole rings is 1. The highest BCUT2D eigenvalue weighted by Gasteiger charge is 2.27. The van der Waals surface area contributed by atoms with E-state index in [-0.39, 0.29) is 11.8 Å². The van der Waals surface area contributed by atoms with Gasteiger partial charge in [0.2, 0.25) is 0 Å². The zero-order valence-electron chi connectivity index (χ0n) is 16.2. The number of aromatic nitrogens is 5. The fourth-order valence-corrected chi connectivity index (χ4v) is 4.10. The van der Waals surface area contributed by atoms with E-state index in [0.717, 1.165) is 22.0 Å². The second-order valence-electron chi connectivity index (χ2n) is 6.91. The molecule has 1 aliphatic rings. The van der Waals surface area contributed by atoms with Crippen molar-refractivity contribution in [1.82, 2.24) is 29.4 Å². The Labute approximate surface area is 166 Å². The molecule has 2 amide bonds. The van der Waals surface area contributed by atoms with Crippen LogP contribution in [0.3, 0.4) is 0 Å². The van der Waals surface area contributed by atoms with Gasteiger partial charge in [0.1, 0.15) is 0 Å². The van der Waals surface area contributed by atoms with E-state index in [2.05, 4.69) is 20.5 Å². The third kappa shape index (κ3) is 3.31. The van der Waals surface area contributed by atoms with Crippen molar-refractivity contribution < 1.29 is 9.59 Å². The molecule has 28 heavy (non-hydrogen) atoms. The molecule has 0 saturated carbocycles. The molecule has 10 heteroatoms. The molecule has 0 fully saturated rings. The molecule has 3 aromatic rings. The van der Waals surface area contributed by atoms with Crippen LogP contribution in [-0.2, 0) is 27.1 Å². The highest BCUT2D eigenvalue weighted by atomic mass is 32.1. The van der Waals surface area contributed by atoms with Crippen molar-refractivity contribution in [3.8, 4) is 0 Å². The molecule has 0 atom stereocenters. The van der Waals surface area contributed by atoms with Gasteiger partial charge in [0.15, 0.2) is 16.5 Å². The third-order valence-corrected chi connectivity index (χ3v) is 5.92. The molecule has 0 spiro atoms. The van der Waals surface area contributed by atoms with Crippen LogP contribution < -0.4 is 5.32 Å². The van der Waals surface area contributed by atoms with Crippen molar-refractivity contribution in [3.63, 3.8) is 0 Å². The summed E-state index contributed by atoms with van der Waals surface area (Å²) in [5.74, 6) is -0.371. The largest absolute Gasteiger partial charge is 0.332 e. The Morgan fingerprint density at radius 1 is 1.07 bits per heavy atom. The normalized spacial score (nSPS) is 13.5. The van der Waals surface area contributed by atoms with E-state index in [4.69, 9.17) is 0 Å². The minimum Gasteiger partial charge on any atom is -0.332 e. The van der Waals surface area contributed by atoms with E-state index in [1.807, 2.05) is 20.9 Å². The molecule has 0 aromatic carbocycles. The van der Waals surface area contributed by atoms with E-state index >= 15 is 0 Å². The van der Waals surface area contributed by atoms with Crippen LogP contribution in [0.2, 0.25) is 0 Å². The van der Waals surface area contributed by atoms with E-state index < -0.39 is 0 Å². The van der Waals surface area contributed by atoms with Crippen LogP contribution in [0.25, 0.3) is 0 Å². The van der Waals surface area contributed by atoms with Gasteiger partial charge in [-0.2, -0.15) is 10.2 Å². The van der Waals surface area contributed by atoms with Crippen LogP contribution in [0.15, 0.2) is 12.1 Å². The molecule has 1 N–H and O–H groups in total. The van der Waals surface area contributed by atoms with Crippen LogP contribution in [0, 0.1) is 13.8 Å². The smallest absolute Gasteiger partial charge is 0.277 e. The fraction of sp³-hybridized carbons (Fsp3) is 0.389. The van der Waals surface area contributed by atoms with E-state index in [1.165, 1.54) is 11.3 Å². The topological polar surface area (TPSA) is 97.9 Å². The maximum atomic E-state index is 12.7. The molecule has 3 aromatic heterocycles. The van der Waals surface area contributed by atoms with Gasteiger partial charge in [0, 0.05) is 43.3 Å². The van der Waals surface area contributed by atoms with Gasteiger partial charge in [-0.3, -0.25) is 24.3 Å². The van der Waals surface area contributed by atoms with Gasteiger partial charge in [-0.1, -0.05) is 11.3 Å². The second-order valence-corrected chi connectivity index (χ2v) is 7.99. The Morgan fingerprint density at radius 2 is 1.71 bits per heavy atom. The number of nitrogens with one attached hydrogen (secondary N) is 1. The zero-order valence-corrected chi connectivity index (χ0v) is 17.0. The number of hydrogen-bond acceptors (Lipinski definition) is 6. The van der Waals surface area contributed by atoms with Gasteiger partial charge in [-0.05, 0) is 26.0 Å². The molecule has 0 aliphatic carbocycles. The van der Waals surface area contributed by atoms with Gasteiger partial charge in [0.05, 0.1) is 12.2 Å². The summed E-state index contributed by atoms with van der Waals surface area (Å²) in [6.45, 7) is 4.86. The number of hydrogen-bond donors (Lipinski definition) is 1. The van der Waals surface area contributed by atoms with Gasteiger partial charge >= 0.3 is 0 Å². The summed E-state index contributed by atoms with van der Waals surface area (Å²) in [6.07, 6.45) is 0.655. The predicted octanol–water partition coefficient (Wildman–Crippen LogP) is 1.68. The molecule has 0 unspecified atom stereocenters. The van der Waals surface area contributed by atoms with Gasteiger partial charge < -0.3 is 4.90 Å². The summed E-state index contributed by atoms with van der Waals surface area (Å²) in [5.41, 5.74) is 3.58. The first-order valence-corrected chi connectivity index (χ1v) is 9.74. The monoisotopic (exact) mass is 399 g/mol. The van der Waals surface area contributed by atoms with Crippen LogP contribution in [0.1, 0.15) is 42.9 Å². The van der Waals surface area contributed by atoms with E-state index in [9.17, 15) is 9.59 Å². The number of nitrogens with zero attached hydrogens (tertiary/aromatic N) is 6. The maximum Gasteiger partial charge on any atom is 0.277 e. The van der Waals surface area contributed by atoms with E-state index in [0.29, 0.717) is 36.0 Å². The minimum atomic E-state index is -0.285. The Hall–Kier alpha value is -3.01. The summed E-state index contributed by atoms with van der Waals surface area (Å²) in [7, 11) is 3.62. The number of rotatable bonds is 3. The van der Waals surface area contributed by atoms with Crippen molar-refractivity contribution in [3.05, 3.63) is 45.5 Å². The molecule has 1 aliphatic heterocycles. The summed E-state index contributed by atoms with van der Waals surface area (Å²) in [6, 6.07) is 3.53. The quantitative estimate of drug-likeness (QED) is 0.723. The molecule has 0 bridgehead atoms.